The second-order valence-electron chi connectivity index (χ2n) is 7.41. The Balaban J connectivity index is 1.82. The highest BCUT2D eigenvalue weighted by molar-refractivity contribution is 7.80. The summed E-state index contributed by atoms with van der Waals surface area (Å²) in [5.41, 5.74) is 7.25. The maximum Gasteiger partial charge on any atom is 0.170 e. The Bertz CT molecular complexity index is 991. The highest BCUT2D eigenvalue weighted by Gasteiger charge is 2.40. The predicted octanol–water partition coefficient (Wildman–Crippen LogP) is 4.79. The van der Waals surface area contributed by atoms with Crippen molar-refractivity contribution >= 4 is 17.3 Å². The largest absolute Gasteiger partial charge is 0.352 e. The molecule has 0 saturated carbocycles. The summed E-state index contributed by atoms with van der Waals surface area (Å²) in [4.78, 5) is 6.88. The van der Waals surface area contributed by atoms with E-state index in [0.717, 1.165) is 17.4 Å². The van der Waals surface area contributed by atoms with Gasteiger partial charge in [-0.15, -0.1) is 0 Å². The Kier molecular flexibility index (Phi) is 4.94. The summed E-state index contributed by atoms with van der Waals surface area (Å²) in [6.07, 6.45) is 1.85. The van der Waals surface area contributed by atoms with E-state index in [-0.39, 0.29) is 12.1 Å². The van der Waals surface area contributed by atoms with Gasteiger partial charge in [0.15, 0.2) is 5.11 Å². The fourth-order valence-corrected chi connectivity index (χ4v) is 4.63. The lowest BCUT2D eigenvalue weighted by molar-refractivity contribution is 0.329. The molecule has 0 radical (unpaired) electrons. The highest BCUT2D eigenvalue weighted by Crippen LogP contribution is 2.41. The first-order valence-electron chi connectivity index (χ1n) is 9.75. The Morgan fingerprint density at radius 3 is 2.46 bits per heavy atom. The van der Waals surface area contributed by atoms with Crippen LogP contribution in [0.25, 0.3) is 5.69 Å². The van der Waals surface area contributed by atoms with E-state index in [1.165, 1.54) is 28.2 Å². The van der Waals surface area contributed by atoms with Crippen LogP contribution >= 0.6 is 12.2 Å². The number of hydrogen-bond donors (Lipinski definition) is 1. The van der Waals surface area contributed by atoms with E-state index in [1.807, 2.05) is 18.3 Å². The van der Waals surface area contributed by atoms with Crippen molar-refractivity contribution in [2.45, 2.75) is 39.8 Å². The average molecular weight is 391 g/mol. The maximum absolute atomic E-state index is 5.66. The average Bonchev–Trinajstić information content (AvgIpc) is 3.18. The Morgan fingerprint density at radius 1 is 1.07 bits per heavy atom. The summed E-state index contributed by atoms with van der Waals surface area (Å²) < 4.78 is 2.33. The van der Waals surface area contributed by atoms with Crippen LogP contribution in [-0.2, 0) is 0 Å². The van der Waals surface area contributed by atoms with Gasteiger partial charge in [-0.05, 0) is 75.8 Å². The molecule has 3 heterocycles. The Morgan fingerprint density at radius 2 is 1.82 bits per heavy atom. The summed E-state index contributed by atoms with van der Waals surface area (Å²) in [6.45, 7) is 9.50. The van der Waals surface area contributed by atoms with Crippen LogP contribution in [0.2, 0.25) is 0 Å². The number of thiocarbonyl (C=S) groups is 1. The van der Waals surface area contributed by atoms with Crippen molar-refractivity contribution in [1.29, 1.82) is 0 Å². The third-order valence-corrected chi connectivity index (χ3v) is 5.97. The molecule has 4 nitrogen and oxygen atoms in total. The SMILES string of the molecule is CCN1C(=S)N[C@@H](c2ccccn2)[C@H]1c1cc(C)n(-c2ccc(C)cc2)c1C. The molecule has 0 aliphatic carbocycles. The van der Waals surface area contributed by atoms with Gasteiger partial charge in [0, 0.05) is 29.8 Å². The van der Waals surface area contributed by atoms with Gasteiger partial charge in [0.2, 0.25) is 0 Å². The normalized spacial score (nSPS) is 19.1. The molecule has 0 amide bonds. The summed E-state index contributed by atoms with van der Waals surface area (Å²) in [7, 11) is 0. The fraction of sp³-hybridized carbons (Fsp3) is 0.304. The molecule has 144 valence electrons. The minimum absolute atomic E-state index is 0.0422. The molecule has 0 unspecified atom stereocenters. The molecular weight excluding hydrogens is 364 g/mol. The molecule has 0 bridgehead atoms. The molecule has 4 rings (SSSR count). The molecule has 5 heteroatoms. The number of nitrogens with zero attached hydrogens (tertiary/aromatic N) is 3. The zero-order valence-electron chi connectivity index (χ0n) is 16.8. The second-order valence-corrected chi connectivity index (χ2v) is 7.80. The van der Waals surface area contributed by atoms with Gasteiger partial charge in [-0.1, -0.05) is 23.8 Å². The summed E-state index contributed by atoms with van der Waals surface area (Å²) in [5, 5.41) is 4.30. The van der Waals surface area contributed by atoms with Gasteiger partial charge in [-0.25, -0.2) is 0 Å². The number of aryl methyl sites for hydroxylation is 2. The van der Waals surface area contributed by atoms with Gasteiger partial charge in [-0.3, -0.25) is 4.98 Å². The van der Waals surface area contributed by atoms with E-state index < -0.39 is 0 Å². The third kappa shape index (κ3) is 3.10. The number of likely N-dealkylation sites (N-methyl/N-ethyl adjacent to an activating group) is 1. The van der Waals surface area contributed by atoms with E-state index in [4.69, 9.17) is 12.2 Å². The topological polar surface area (TPSA) is 33.1 Å². The van der Waals surface area contributed by atoms with E-state index in [1.54, 1.807) is 0 Å². The Hall–Kier alpha value is -2.66. The lowest BCUT2D eigenvalue weighted by Crippen LogP contribution is -2.29. The van der Waals surface area contributed by atoms with E-state index in [0.29, 0.717) is 0 Å². The molecule has 0 spiro atoms. The van der Waals surface area contributed by atoms with E-state index in [9.17, 15) is 0 Å². The molecule has 1 saturated heterocycles. The van der Waals surface area contributed by atoms with Crippen LogP contribution in [-0.4, -0.2) is 26.1 Å². The van der Waals surface area contributed by atoms with Crippen molar-refractivity contribution in [1.82, 2.24) is 19.8 Å². The molecule has 1 N–H and O–H groups in total. The first-order valence-corrected chi connectivity index (χ1v) is 10.2. The minimum atomic E-state index is 0.0422. The molecule has 1 fully saturated rings. The van der Waals surface area contributed by atoms with E-state index >= 15 is 0 Å². The minimum Gasteiger partial charge on any atom is -0.352 e. The molecule has 3 aromatic rings. The molecule has 28 heavy (non-hydrogen) atoms. The number of rotatable bonds is 4. The lowest BCUT2D eigenvalue weighted by Gasteiger charge is -2.27. The standard InChI is InChI=1S/C23H26N4S/c1-5-26-22(21(25-23(26)28)20-8-6-7-13-24-20)19-14-16(3)27(17(19)4)18-11-9-15(2)10-12-18/h6-14,21-22H,5H2,1-4H3,(H,25,28)/t21-,22+/m0/s1. The van der Waals surface area contributed by atoms with Crippen LogP contribution in [0, 0.1) is 20.8 Å². The number of pyridine rings is 1. The molecular formula is C23H26N4S. The summed E-state index contributed by atoms with van der Waals surface area (Å²) in [5.74, 6) is 0. The Labute approximate surface area is 172 Å². The van der Waals surface area contributed by atoms with Crippen molar-refractivity contribution in [3.8, 4) is 5.69 Å². The first kappa shape index (κ1) is 18.7. The third-order valence-electron chi connectivity index (χ3n) is 5.62. The van der Waals surface area contributed by atoms with Gasteiger partial charge in [0.1, 0.15) is 0 Å². The lowest BCUT2D eigenvalue weighted by atomic mass is 9.97. The summed E-state index contributed by atoms with van der Waals surface area (Å²) >= 11 is 5.66. The van der Waals surface area contributed by atoms with Gasteiger partial charge < -0.3 is 14.8 Å². The number of aromatic nitrogens is 2. The molecule has 1 aliphatic rings. The zero-order chi connectivity index (χ0) is 19.8. The van der Waals surface area contributed by atoms with Crippen LogP contribution in [0.15, 0.2) is 54.7 Å². The van der Waals surface area contributed by atoms with Crippen LogP contribution in [0.4, 0.5) is 0 Å². The predicted molar refractivity (Wildman–Crippen MR) is 118 cm³/mol. The number of nitrogens with one attached hydrogen (secondary N) is 1. The van der Waals surface area contributed by atoms with Crippen molar-refractivity contribution in [2.24, 2.45) is 0 Å². The van der Waals surface area contributed by atoms with Crippen molar-refractivity contribution in [3.63, 3.8) is 0 Å². The van der Waals surface area contributed by atoms with Gasteiger partial charge in [0.05, 0.1) is 17.8 Å². The molecule has 2 atom stereocenters. The highest BCUT2D eigenvalue weighted by atomic mass is 32.1. The smallest absolute Gasteiger partial charge is 0.170 e. The molecule has 2 aromatic heterocycles. The number of benzene rings is 1. The van der Waals surface area contributed by atoms with Crippen molar-refractivity contribution in [3.05, 3.63) is 82.9 Å². The van der Waals surface area contributed by atoms with Crippen LogP contribution in [0.1, 0.15) is 47.2 Å². The van der Waals surface area contributed by atoms with Gasteiger partial charge >= 0.3 is 0 Å². The zero-order valence-corrected chi connectivity index (χ0v) is 17.6. The van der Waals surface area contributed by atoms with Gasteiger partial charge in [-0.2, -0.15) is 0 Å². The number of hydrogen-bond acceptors (Lipinski definition) is 2. The summed E-state index contributed by atoms with van der Waals surface area (Å²) in [6, 6.07) is 17.2. The molecule has 1 aromatic carbocycles. The first-order chi connectivity index (χ1) is 13.5. The second kappa shape index (κ2) is 7.40. The monoisotopic (exact) mass is 390 g/mol. The van der Waals surface area contributed by atoms with Crippen molar-refractivity contribution in [2.75, 3.05) is 6.54 Å². The fourth-order valence-electron chi connectivity index (χ4n) is 4.26. The van der Waals surface area contributed by atoms with Crippen LogP contribution in [0.3, 0.4) is 0 Å². The van der Waals surface area contributed by atoms with E-state index in [2.05, 4.69) is 83.9 Å². The maximum atomic E-state index is 5.66. The van der Waals surface area contributed by atoms with Gasteiger partial charge in [0.25, 0.3) is 0 Å². The molecule has 1 aliphatic heterocycles. The van der Waals surface area contributed by atoms with Crippen LogP contribution in [0.5, 0.6) is 0 Å². The quantitative estimate of drug-likeness (QED) is 0.650. The van der Waals surface area contributed by atoms with Crippen LogP contribution < -0.4 is 5.32 Å². The van der Waals surface area contributed by atoms with Crippen molar-refractivity contribution < 1.29 is 0 Å².